The molecule has 0 spiro atoms. The molecule has 3 heterocycles. The second-order valence-corrected chi connectivity index (χ2v) is 6.57. The molecule has 27 heavy (non-hydrogen) atoms. The van der Waals surface area contributed by atoms with Crippen LogP contribution in [-0.2, 0) is 24.2 Å². The SMILES string of the molecule is COC(=O)N1CCc2c(cncc2C(=O)NCc2c(C)nc(C)nc2C)C1. The Morgan fingerprint density at radius 1 is 1.19 bits per heavy atom. The van der Waals surface area contributed by atoms with E-state index in [1.807, 2.05) is 20.8 Å². The number of methoxy groups -OCH3 is 1. The van der Waals surface area contributed by atoms with Crippen LogP contribution >= 0.6 is 0 Å². The molecular formula is C19H23N5O3. The van der Waals surface area contributed by atoms with Gasteiger partial charge in [-0.25, -0.2) is 14.8 Å². The molecular weight excluding hydrogens is 346 g/mol. The van der Waals surface area contributed by atoms with Gasteiger partial charge >= 0.3 is 6.09 Å². The van der Waals surface area contributed by atoms with Gasteiger partial charge in [0.15, 0.2) is 0 Å². The molecule has 1 aliphatic rings. The Hall–Kier alpha value is -3.03. The molecule has 2 amide bonds. The van der Waals surface area contributed by atoms with Crippen LogP contribution in [0.3, 0.4) is 0 Å². The zero-order chi connectivity index (χ0) is 19.6. The molecule has 0 saturated heterocycles. The molecule has 0 radical (unpaired) electrons. The fourth-order valence-electron chi connectivity index (χ4n) is 3.40. The van der Waals surface area contributed by atoms with Crippen molar-refractivity contribution in [3.8, 4) is 0 Å². The van der Waals surface area contributed by atoms with Crippen LogP contribution < -0.4 is 5.32 Å². The summed E-state index contributed by atoms with van der Waals surface area (Å²) in [5.41, 5.74) is 4.98. The fraction of sp³-hybridized carbons (Fsp3) is 0.421. The number of hydrogen-bond donors (Lipinski definition) is 1. The maximum Gasteiger partial charge on any atom is 0.409 e. The molecule has 0 bridgehead atoms. The summed E-state index contributed by atoms with van der Waals surface area (Å²) in [6.07, 6.45) is 3.48. The van der Waals surface area contributed by atoms with Gasteiger partial charge in [0, 0.05) is 42.4 Å². The minimum absolute atomic E-state index is 0.190. The van der Waals surface area contributed by atoms with Gasteiger partial charge in [0.25, 0.3) is 5.91 Å². The number of hydrogen-bond acceptors (Lipinski definition) is 6. The van der Waals surface area contributed by atoms with Crippen molar-refractivity contribution in [3.63, 3.8) is 0 Å². The maximum atomic E-state index is 12.8. The number of fused-ring (bicyclic) bond motifs is 1. The molecule has 142 valence electrons. The molecule has 1 N–H and O–H groups in total. The lowest BCUT2D eigenvalue weighted by Gasteiger charge is -2.28. The van der Waals surface area contributed by atoms with E-state index in [0.717, 1.165) is 33.9 Å². The van der Waals surface area contributed by atoms with Gasteiger partial charge in [-0.1, -0.05) is 0 Å². The molecule has 0 aliphatic carbocycles. The first kappa shape index (κ1) is 18.8. The lowest BCUT2D eigenvalue weighted by atomic mass is 9.97. The molecule has 0 aromatic carbocycles. The number of amides is 2. The number of carbonyl (C=O) groups is 2. The Bertz CT molecular complexity index is 874. The number of ether oxygens (including phenoxy) is 1. The number of pyridine rings is 1. The van der Waals surface area contributed by atoms with Gasteiger partial charge in [-0.3, -0.25) is 9.78 Å². The lowest BCUT2D eigenvalue weighted by molar-refractivity contribution is 0.0948. The van der Waals surface area contributed by atoms with Gasteiger partial charge in [-0.2, -0.15) is 0 Å². The number of aromatic nitrogens is 3. The van der Waals surface area contributed by atoms with Crippen molar-refractivity contribution in [1.82, 2.24) is 25.2 Å². The van der Waals surface area contributed by atoms with E-state index in [4.69, 9.17) is 4.74 Å². The molecule has 1 aliphatic heterocycles. The zero-order valence-electron chi connectivity index (χ0n) is 16.0. The molecule has 3 rings (SSSR count). The molecule has 8 heteroatoms. The monoisotopic (exact) mass is 369 g/mol. The Kier molecular flexibility index (Phi) is 5.34. The predicted molar refractivity (Wildman–Crippen MR) is 98.2 cm³/mol. The van der Waals surface area contributed by atoms with Crippen molar-refractivity contribution in [2.75, 3.05) is 13.7 Å². The van der Waals surface area contributed by atoms with Crippen LogP contribution in [0.25, 0.3) is 0 Å². The van der Waals surface area contributed by atoms with Gasteiger partial charge < -0.3 is 15.0 Å². The Morgan fingerprint density at radius 2 is 1.89 bits per heavy atom. The first-order chi connectivity index (χ1) is 12.9. The summed E-state index contributed by atoms with van der Waals surface area (Å²) in [6, 6.07) is 0. The smallest absolute Gasteiger partial charge is 0.409 e. The number of nitrogens with one attached hydrogen (secondary N) is 1. The summed E-state index contributed by atoms with van der Waals surface area (Å²) < 4.78 is 4.78. The first-order valence-electron chi connectivity index (χ1n) is 8.78. The summed E-state index contributed by atoms with van der Waals surface area (Å²) >= 11 is 0. The van der Waals surface area contributed by atoms with Crippen molar-refractivity contribution in [3.05, 3.63) is 51.9 Å². The normalized spacial score (nSPS) is 13.1. The van der Waals surface area contributed by atoms with Crippen molar-refractivity contribution in [1.29, 1.82) is 0 Å². The fourth-order valence-corrected chi connectivity index (χ4v) is 3.40. The van der Waals surface area contributed by atoms with E-state index in [2.05, 4.69) is 20.3 Å². The molecule has 2 aromatic heterocycles. The van der Waals surface area contributed by atoms with Crippen molar-refractivity contribution < 1.29 is 14.3 Å². The standard InChI is InChI=1S/C19H23N5O3/c1-11-16(12(2)23-13(3)22-11)9-21-18(25)17-8-20-7-14-10-24(19(26)27-4)6-5-15(14)17/h7-8H,5-6,9-10H2,1-4H3,(H,21,25). The Labute approximate surface area is 158 Å². The lowest BCUT2D eigenvalue weighted by Crippen LogP contribution is -2.37. The van der Waals surface area contributed by atoms with Gasteiger partial charge in [0.1, 0.15) is 5.82 Å². The third-order valence-corrected chi connectivity index (χ3v) is 4.78. The van der Waals surface area contributed by atoms with Crippen molar-refractivity contribution >= 4 is 12.0 Å². The number of carbonyl (C=O) groups excluding carboxylic acids is 2. The maximum absolute atomic E-state index is 12.8. The second kappa shape index (κ2) is 7.69. The van der Waals surface area contributed by atoms with Crippen LogP contribution in [0.5, 0.6) is 0 Å². The first-order valence-corrected chi connectivity index (χ1v) is 8.78. The van der Waals surface area contributed by atoms with Gasteiger partial charge in [0.05, 0.1) is 19.2 Å². The van der Waals surface area contributed by atoms with Crippen LogP contribution in [0.4, 0.5) is 4.79 Å². The molecule has 8 nitrogen and oxygen atoms in total. The highest BCUT2D eigenvalue weighted by Gasteiger charge is 2.25. The highest BCUT2D eigenvalue weighted by atomic mass is 16.5. The van der Waals surface area contributed by atoms with E-state index in [-0.39, 0.29) is 12.0 Å². The molecule has 0 fully saturated rings. The minimum atomic E-state index is -0.374. The third-order valence-electron chi connectivity index (χ3n) is 4.78. The van der Waals surface area contributed by atoms with E-state index >= 15 is 0 Å². The van der Waals surface area contributed by atoms with E-state index in [9.17, 15) is 9.59 Å². The highest BCUT2D eigenvalue weighted by Crippen LogP contribution is 2.22. The zero-order valence-corrected chi connectivity index (χ0v) is 16.0. The summed E-state index contributed by atoms with van der Waals surface area (Å²) in [4.78, 5) is 39.0. The molecule has 0 atom stereocenters. The van der Waals surface area contributed by atoms with Gasteiger partial charge in [-0.15, -0.1) is 0 Å². The minimum Gasteiger partial charge on any atom is -0.453 e. The van der Waals surface area contributed by atoms with Gasteiger partial charge in [0.2, 0.25) is 0 Å². The molecule has 0 saturated carbocycles. The Morgan fingerprint density at radius 3 is 2.56 bits per heavy atom. The second-order valence-electron chi connectivity index (χ2n) is 6.57. The average Bonchev–Trinajstić information content (AvgIpc) is 2.65. The van der Waals surface area contributed by atoms with Crippen molar-refractivity contribution in [2.45, 2.75) is 40.3 Å². The van der Waals surface area contributed by atoms with Crippen LogP contribution in [0.1, 0.15) is 44.3 Å². The molecule has 2 aromatic rings. The van der Waals surface area contributed by atoms with Crippen molar-refractivity contribution in [2.24, 2.45) is 0 Å². The van der Waals surface area contributed by atoms with E-state index in [1.165, 1.54) is 7.11 Å². The van der Waals surface area contributed by atoms with E-state index in [1.54, 1.807) is 17.3 Å². The van der Waals surface area contributed by atoms with Crippen LogP contribution in [0.15, 0.2) is 12.4 Å². The van der Waals surface area contributed by atoms with Crippen LogP contribution in [-0.4, -0.2) is 45.5 Å². The highest BCUT2D eigenvalue weighted by molar-refractivity contribution is 5.95. The van der Waals surface area contributed by atoms with Gasteiger partial charge in [-0.05, 0) is 38.3 Å². The number of nitrogens with zero attached hydrogens (tertiary/aromatic N) is 4. The largest absolute Gasteiger partial charge is 0.453 e. The summed E-state index contributed by atoms with van der Waals surface area (Å²) in [5.74, 6) is 0.529. The quantitative estimate of drug-likeness (QED) is 0.887. The summed E-state index contributed by atoms with van der Waals surface area (Å²) in [6.45, 7) is 6.93. The average molecular weight is 369 g/mol. The molecule has 0 unspecified atom stereocenters. The van der Waals surface area contributed by atoms with E-state index in [0.29, 0.717) is 31.6 Å². The third kappa shape index (κ3) is 3.89. The Balaban J connectivity index is 1.76. The predicted octanol–water partition coefficient (Wildman–Crippen LogP) is 1.85. The number of rotatable bonds is 3. The van der Waals surface area contributed by atoms with E-state index < -0.39 is 0 Å². The summed E-state index contributed by atoms with van der Waals surface area (Å²) in [7, 11) is 1.36. The van der Waals surface area contributed by atoms with Crippen LogP contribution in [0.2, 0.25) is 0 Å². The number of aryl methyl sites for hydroxylation is 3. The van der Waals surface area contributed by atoms with Crippen LogP contribution in [0, 0.1) is 20.8 Å². The summed E-state index contributed by atoms with van der Waals surface area (Å²) in [5, 5.41) is 2.95. The topological polar surface area (TPSA) is 97.3 Å².